The van der Waals surface area contributed by atoms with Crippen LogP contribution < -0.4 is 5.73 Å². The minimum absolute atomic E-state index is 0.169. The Morgan fingerprint density at radius 1 is 1.11 bits per heavy atom. The van der Waals surface area contributed by atoms with E-state index in [0.29, 0.717) is 6.54 Å². The first kappa shape index (κ1) is 18.9. The van der Waals surface area contributed by atoms with Gasteiger partial charge in [-0.05, 0) is 26.1 Å². The molecule has 0 heterocycles. The third kappa shape index (κ3) is 7.94. The zero-order chi connectivity index (χ0) is 14.8. The highest BCUT2D eigenvalue weighted by atomic mass is 28.5. The van der Waals surface area contributed by atoms with Crippen LogP contribution in [0.1, 0.15) is 6.42 Å². The largest absolute Gasteiger partial charge is 0.469 e. The molecule has 0 aromatic rings. The van der Waals surface area contributed by atoms with Crippen LogP contribution in [0.2, 0.25) is 19.1 Å². The summed E-state index contributed by atoms with van der Waals surface area (Å²) in [5, 5.41) is 0. The Kier molecular flexibility index (Phi) is 9.73. The molecular weight excluding hydrogens is 306 g/mol. The molecule has 0 fully saturated rings. The van der Waals surface area contributed by atoms with Crippen LogP contribution in [0.25, 0.3) is 0 Å². The Labute approximate surface area is 124 Å². The number of hydrogen-bond acceptors (Lipinski definition) is 4. The van der Waals surface area contributed by atoms with E-state index in [1.54, 1.807) is 11.4 Å². The number of nitrogens with two attached hydrogens (primary N) is 1. The van der Waals surface area contributed by atoms with Gasteiger partial charge in [0.05, 0.1) is 0 Å². The van der Waals surface area contributed by atoms with Crippen LogP contribution in [0.15, 0.2) is 36.8 Å². The number of rotatable bonds is 12. The normalized spacial score (nSPS) is 12.2. The van der Waals surface area contributed by atoms with E-state index in [2.05, 4.69) is 32.8 Å². The summed E-state index contributed by atoms with van der Waals surface area (Å²) < 4.78 is 18.1. The van der Waals surface area contributed by atoms with E-state index >= 15 is 0 Å². The molecule has 0 spiro atoms. The Morgan fingerprint density at radius 2 is 1.63 bits per heavy atom. The van der Waals surface area contributed by atoms with Gasteiger partial charge in [-0.25, -0.2) is 0 Å². The van der Waals surface area contributed by atoms with Gasteiger partial charge >= 0.3 is 8.80 Å². The lowest BCUT2D eigenvalue weighted by atomic mass is 10.5. The van der Waals surface area contributed by atoms with Crippen molar-refractivity contribution in [2.24, 2.45) is 5.73 Å². The summed E-state index contributed by atoms with van der Waals surface area (Å²) in [7, 11) is -4.37. The van der Waals surface area contributed by atoms with Crippen molar-refractivity contribution >= 4 is 36.6 Å². The SMILES string of the molecule is C=C[Si]O[Si](CCCN)(O[Si]C=C)O[Si](C)(C)C=C. The first-order chi connectivity index (χ1) is 8.95. The fourth-order valence-corrected chi connectivity index (χ4v) is 10.4. The van der Waals surface area contributed by atoms with Crippen molar-refractivity contribution in [1.29, 1.82) is 0 Å². The molecule has 8 heteroatoms. The second-order valence-corrected chi connectivity index (χ2v) is 13.6. The average Bonchev–Trinajstić information content (AvgIpc) is 2.40. The molecule has 4 nitrogen and oxygen atoms in total. The third-order valence-electron chi connectivity index (χ3n) is 2.19. The minimum Gasteiger partial charge on any atom is -0.413 e. The van der Waals surface area contributed by atoms with Crippen molar-refractivity contribution in [2.45, 2.75) is 25.6 Å². The second kappa shape index (κ2) is 9.77. The van der Waals surface area contributed by atoms with Crippen LogP contribution in [-0.2, 0) is 12.3 Å². The fourth-order valence-electron chi connectivity index (χ4n) is 1.24. The molecule has 0 aliphatic carbocycles. The highest BCUT2D eigenvalue weighted by molar-refractivity contribution is 6.86. The van der Waals surface area contributed by atoms with Crippen LogP contribution in [0.5, 0.6) is 0 Å². The van der Waals surface area contributed by atoms with Gasteiger partial charge in [-0.3, -0.25) is 0 Å². The molecule has 0 aromatic heterocycles. The summed E-state index contributed by atoms with van der Waals surface area (Å²) in [5.74, 6) is 0. The zero-order valence-electron chi connectivity index (χ0n) is 11.8. The summed E-state index contributed by atoms with van der Waals surface area (Å²) in [5.41, 5.74) is 11.0. The summed E-state index contributed by atoms with van der Waals surface area (Å²) >= 11 is 0. The third-order valence-corrected chi connectivity index (χ3v) is 11.3. The van der Waals surface area contributed by atoms with Crippen molar-refractivity contribution in [3.63, 3.8) is 0 Å². The van der Waals surface area contributed by atoms with Crippen molar-refractivity contribution in [3.05, 3.63) is 36.8 Å². The second-order valence-electron chi connectivity index (χ2n) is 4.33. The van der Waals surface area contributed by atoms with Gasteiger partial charge in [0.25, 0.3) is 19.5 Å². The average molecular weight is 330 g/mol. The standard InChI is InChI=1S/C11H23NO3Si4/c1-6-16-13-19(11-9-10-12,14-17-7-2)15-18(4,5)8-3/h6-8H,1-3,9-12H2,4-5H3. The number of hydrogen-bond donors (Lipinski definition) is 1. The maximum absolute atomic E-state index is 6.26. The molecule has 0 aliphatic heterocycles. The summed E-state index contributed by atoms with van der Waals surface area (Å²) in [6.45, 7) is 16.0. The molecule has 0 amide bonds. The van der Waals surface area contributed by atoms with E-state index < -0.39 is 17.1 Å². The van der Waals surface area contributed by atoms with Gasteiger partial charge in [0.15, 0.2) is 0 Å². The lowest BCUT2D eigenvalue weighted by Crippen LogP contribution is -2.54. The topological polar surface area (TPSA) is 53.7 Å². The molecule has 2 N–H and O–H groups in total. The molecule has 0 saturated heterocycles. The van der Waals surface area contributed by atoms with Crippen molar-refractivity contribution in [1.82, 2.24) is 0 Å². The Balaban J connectivity index is 5.00. The van der Waals surface area contributed by atoms with E-state index in [1.807, 2.05) is 5.70 Å². The van der Waals surface area contributed by atoms with Crippen LogP contribution in [0, 0.1) is 0 Å². The predicted octanol–water partition coefficient (Wildman–Crippen LogP) is 1.78. The molecule has 0 rings (SSSR count). The Morgan fingerprint density at radius 3 is 2.00 bits per heavy atom. The zero-order valence-corrected chi connectivity index (χ0v) is 15.8. The van der Waals surface area contributed by atoms with E-state index in [9.17, 15) is 0 Å². The lowest BCUT2D eigenvalue weighted by molar-refractivity contribution is 0.273. The van der Waals surface area contributed by atoms with E-state index in [0.717, 1.165) is 12.5 Å². The van der Waals surface area contributed by atoms with Crippen molar-refractivity contribution in [2.75, 3.05) is 6.54 Å². The molecule has 0 unspecified atom stereocenters. The molecule has 0 aliphatic rings. The van der Waals surface area contributed by atoms with Crippen LogP contribution in [0.4, 0.5) is 0 Å². The molecule has 0 saturated carbocycles. The molecular formula is C11H23NO3Si4. The molecule has 106 valence electrons. The first-order valence-electron chi connectivity index (χ1n) is 6.08. The summed E-state index contributed by atoms with van der Waals surface area (Å²) in [6.07, 6.45) is 0.817. The van der Waals surface area contributed by atoms with Crippen LogP contribution >= 0.6 is 0 Å². The fraction of sp³-hybridized carbons (Fsp3) is 0.455. The Bertz CT molecular complexity index is 288. The maximum atomic E-state index is 6.26. The van der Waals surface area contributed by atoms with Crippen LogP contribution in [-0.4, -0.2) is 43.2 Å². The van der Waals surface area contributed by atoms with Gasteiger partial charge in [-0.1, -0.05) is 17.1 Å². The van der Waals surface area contributed by atoms with Crippen LogP contribution in [0.3, 0.4) is 0 Å². The minimum atomic E-state index is -2.72. The van der Waals surface area contributed by atoms with Crippen molar-refractivity contribution < 1.29 is 12.3 Å². The molecule has 0 atom stereocenters. The first-order valence-corrected chi connectivity index (χ1v) is 13.0. The highest BCUT2D eigenvalue weighted by Crippen LogP contribution is 2.22. The van der Waals surface area contributed by atoms with Gasteiger partial charge in [0.2, 0.25) is 8.32 Å². The molecule has 4 radical (unpaired) electrons. The molecule has 0 aromatic carbocycles. The molecule has 19 heavy (non-hydrogen) atoms. The highest BCUT2D eigenvalue weighted by Gasteiger charge is 2.43. The van der Waals surface area contributed by atoms with Gasteiger partial charge < -0.3 is 18.1 Å². The van der Waals surface area contributed by atoms with E-state index in [1.165, 1.54) is 0 Å². The van der Waals surface area contributed by atoms with Gasteiger partial charge in [-0.15, -0.1) is 19.7 Å². The van der Waals surface area contributed by atoms with Gasteiger partial charge in [-0.2, -0.15) is 0 Å². The molecule has 0 bridgehead atoms. The van der Waals surface area contributed by atoms with E-state index in [-0.39, 0.29) is 19.5 Å². The smallest absolute Gasteiger partial charge is 0.413 e. The monoisotopic (exact) mass is 329 g/mol. The summed E-state index contributed by atoms with van der Waals surface area (Å²) in [4.78, 5) is 0. The summed E-state index contributed by atoms with van der Waals surface area (Å²) in [6, 6.07) is 0.718. The predicted molar refractivity (Wildman–Crippen MR) is 87.1 cm³/mol. The Hall–Kier alpha value is -0.0725. The van der Waals surface area contributed by atoms with Gasteiger partial charge in [0, 0.05) is 6.04 Å². The van der Waals surface area contributed by atoms with Crippen molar-refractivity contribution in [3.8, 4) is 0 Å². The quantitative estimate of drug-likeness (QED) is 0.555. The maximum Gasteiger partial charge on any atom is 0.469 e. The van der Waals surface area contributed by atoms with E-state index in [4.69, 9.17) is 18.1 Å². The van der Waals surface area contributed by atoms with Gasteiger partial charge in [0.1, 0.15) is 0 Å². The lowest BCUT2D eigenvalue weighted by Gasteiger charge is -2.35.